The molecule has 2 aromatic heterocycles. The minimum Gasteiger partial charge on any atom is -0.342 e. The van der Waals surface area contributed by atoms with Gasteiger partial charge in [-0.3, -0.25) is 14.6 Å². The quantitative estimate of drug-likeness (QED) is 0.793. The summed E-state index contributed by atoms with van der Waals surface area (Å²) in [6.45, 7) is 5.19. The first kappa shape index (κ1) is 19.1. The zero-order valence-corrected chi connectivity index (χ0v) is 17.2. The highest BCUT2D eigenvalue weighted by molar-refractivity contribution is 7.12. The Kier molecular flexibility index (Phi) is 5.49. The van der Waals surface area contributed by atoms with E-state index in [4.69, 9.17) is 0 Å². The second kappa shape index (κ2) is 8.03. The minimum atomic E-state index is 0.170. The Morgan fingerprint density at radius 1 is 1.18 bits per heavy atom. The molecule has 0 bridgehead atoms. The van der Waals surface area contributed by atoms with E-state index >= 15 is 0 Å². The summed E-state index contributed by atoms with van der Waals surface area (Å²) in [7, 11) is 0. The molecule has 4 rings (SSSR count). The Morgan fingerprint density at radius 2 is 1.93 bits per heavy atom. The van der Waals surface area contributed by atoms with Crippen LogP contribution in [0.15, 0.2) is 36.0 Å². The molecule has 1 spiro atoms. The minimum absolute atomic E-state index is 0.170. The molecule has 0 radical (unpaired) electrons. The van der Waals surface area contributed by atoms with E-state index in [-0.39, 0.29) is 17.2 Å². The molecule has 0 atom stereocenters. The van der Waals surface area contributed by atoms with E-state index in [0.29, 0.717) is 6.42 Å². The lowest BCUT2D eigenvalue weighted by atomic mass is 9.72. The topological polar surface area (TPSA) is 53.5 Å². The zero-order valence-electron chi connectivity index (χ0n) is 16.4. The van der Waals surface area contributed by atoms with Crippen molar-refractivity contribution in [1.29, 1.82) is 0 Å². The Balaban J connectivity index is 1.36. The second-order valence-electron chi connectivity index (χ2n) is 8.15. The molecule has 0 aliphatic carbocycles. The van der Waals surface area contributed by atoms with Gasteiger partial charge in [-0.2, -0.15) is 0 Å². The molecule has 5 nitrogen and oxygen atoms in total. The average Bonchev–Trinajstić information content (AvgIpc) is 3.16. The molecular weight excluding hydrogens is 370 g/mol. The van der Waals surface area contributed by atoms with Crippen LogP contribution in [0, 0.1) is 12.3 Å². The Labute approximate surface area is 170 Å². The number of hydrogen-bond acceptors (Lipinski definition) is 4. The van der Waals surface area contributed by atoms with Crippen LogP contribution in [-0.2, 0) is 11.2 Å². The lowest BCUT2D eigenvalue weighted by Crippen LogP contribution is -2.52. The van der Waals surface area contributed by atoms with Crippen molar-refractivity contribution in [3.8, 4) is 0 Å². The molecule has 0 aromatic carbocycles. The molecule has 2 aromatic rings. The number of pyridine rings is 1. The SMILES string of the molecule is Cc1ccsc1C(=O)N1CCC2(CCC(=O)N(CCc3ccncc3)C2)CC1. The predicted molar refractivity (Wildman–Crippen MR) is 110 cm³/mol. The van der Waals surface area contributed by atoms with Crippen LogP contribution in [0.1, 0.15) is 46.5 Å². The molecule has 0 N–H and O–H groups in total. The summed E-state index contributed by atoms with van der Waals surface area (Å²) in [5.41, 5.74) is 2.46. The van der Waals surface area contributed by atoms with Crippen LogP contribution in [0.3, 0.4) is 0 Å². The van der Waals surface area contributed by atoms with Crippen LogP contribution in [-0.4, -0.2) is 52.8 Å². The van der Waals surface area contributed by atoms with Crippen LogP contribution in [0.4, 0.5) is 0 Å². The number of nitrogens with zero attached hydrogens (tertiary/aromatic N) is 3. The number of amides is 2. The Hall–Kier alpha value is -2.21. The number of carbonyl (C=O) groups excluding carboxylic acids is 2. The highest BCUT2D eigenvalue weighted by Gasteiger charge is 2.41. The largest absolute Gasteiger partial charge is 0.342 e. The van der Waals surface area contributed by atoms with Crippen LogP contribution < -0.4 is 0 Å². The molecular formula is C22H27N3O2S. The van der Waals surface area contributed by atoms with Crippen molar-refractivity contribution in [1.82, 2.24) is 14.8 Å². The number of piperidine rings is 2. The molecule has 2 aliphatic rings. The lowest BCUT2D eigenvalue weighted by molar-refractivity contribution is -0.138. The predicted octanol–water partition coefficient (Wildman–Crippen LogP) is 3.54. The fourth-order valence-electron chi connectivity index (χ4n) is 4.45. The first-order valence-electron chi connectivity index (χ1n) is 10.1. The second-order valence-corrected chi connectivity index (χ2v) is 9.06. The van der Waals surface area contributed by atoms with Crippen molar-refractivity contribution in [2.24, 2.45) is 5.41 Å². The third kappa shape index (κ3) is 3.97. The maximum Gasteiger partial charge on any atom is 0.264 e. The van der Waals surface area contributed by atoms with Gasteiger partial charge in [-0.05, 0) is 72.7 Å². The van der Waals surface area contributed by atoms with Gasteiger partial charge in [-0.15, -0.1) is 11.3 Å². The number of aromatic nitrogens is 1. The van der Waals surface area contributed by atoms with Gasteiger partial charge in [0.15, 0.2) is 0 Å². The maximum absolute atomic E-state index is 12.8. The summed E-state index contributed by atoms with van der Waals surface area (Å²) in [6.07, 6.45) is 8.04. The summed E-state index contributed by atoms with van der Waals surface area (Å²) in [4.78, 5) is 34.2. The third-order valence-corrected chi connectivity index (χ3v) is 7.34. The van der Waals surface area contributed by atoms with E-state index in [1.807, 2.05) is 40.3 Å². The van der Waals surface area contributed by atoms with Gasteiger partial charge in [0.05, 0.1) is 4.88 Å². The van der Waals surface area contributed by atoms with E-state index < -0.39 is 0 Å². The van der Waals surface area contributed by atoms with Gasteiger partial charge < -0.3 is 9.80 Å². The van der Waals surface area contributed by atoms with E-state index in [2.05, 4.69) is 4.98 Å². The van der Waals surface area contributed by atoms with Gasteiger partial charge in [-0.1, -0.05) is 0 Å². The smallest absolute Gasteiger partial charge is 0.264 e. The molecule has 2 fully saturated rings. The van der Waals surface area contributed by atoms with Crippen molar-refractivity contribution in [3.05, 3.63) is 52.0 Å². The van der Waals surface area contributed by atoms with Crippen molar-refractivity contribution in [2.45, 2.75) is 39.0 Å². The van der Waals surface area contributed by atoms with E-state index in [1.165, 1.54) is 16.9 Å². The highest BCUT2D eigenvalue weighted by Crippen LogP contribution is 2.40. The Bertz CT molecular complexity index is 840. The summed E-state index contributed by atoms with van der Waals surface area (Å²) >= 11 is 1.54. The molecule has 148 valence electrons. The van der Waals surface area contributed by atoms with Gasteiger partial charge in [0.1, 0.15) is 0 Å². The Morgan fingerprint density at radius 3 is 2.61 bits per heavy atom. The molecule has 28 heavy (non-hydrogen) atoms. The molecule has 0 unspecified atom stereocenters. The standard InChI is InChI=1S/C22H27N3O2S/c1-17-6-15-28-20(17)21(27)24-13-8-22(9-14-24)7-2-19(26)25(16-22)12-5-18-3-10-23-11-4-18/h3-4,6,10-11,15H,2,5,7-9,12-14,16H2,1H3. The zero-order chi connectivity index (χ0) is 19.6. The fraction of sp³-hybridized carbons (Fsp3) is 0.500. The number of rotatable bonds is 4. The van der Waals surface area contributed by atoms with Gasteiger partial charge in [-0.25, -0.2) is 0 Å². The van der Waals surface area contributed by atoms with Crippen LogP contribution in [0.5, 0.6) is 0 Å². The fourth-order valence-corrected chi connectivity index (χ4v) is 5.34. The van der Waals surface area contributed by atoms with Gasteiger partial charge in [0, 0.05) is 45.0 Å². The van der Waals surface area contributed by atoms with Crippen LogP contribution in [0.2, 0.25) is 0 Å². The number of aryl methyl sites for hydroxylation is 1. The number of hydrogen-bond donors (Lipinski definition) is 0. The molecule has 0 saturated carbocycles. The first-order chi connectivity index (χ1) is 13.6. The first-order valence-corrected chi connectivity index (χ1v) is 10.9. The molecule has 2 amide bonds. The molecule has 6 heteroatoms. The van der Waals surface area contributed by atoms with Crippen molar-refractivity contribution >= 4 is 23.2 Å². The van der Waals surface area contributed by atoms with Crippen LogP contribution in [0.25, 0.3) is 0 Å². The lowest BCUT2D eigenvalue weighted by Gasteiger charge is -2.47. The number of carbonyl (C=O) groups is 2. The molecule has 2 aliphatic heterocycles. The van der Waals surface area contributed by atoms with E-state index in [9.17, 15) is 9.59 Å². The summed E-state index contributed by atoms with van der Waals surface area (Å²) in [5.74, 6) is 0.441. The van der Waals surface area contributed by atoms with Crippen molar-refractivity contribution in [3.63, 3.8) is 0 Å². The monoisotopic (exact) mass is 397 g/mol. The summed E-state index contributed by atoms with van der Waals surface area (Å²) in [5, 5.41) is 1.99. The summed E-state index contributed by atoms with van der Waals surface area (Å²) in [6, 6.07) is 6.04. The van der Waals surface area contributed by atoms with E-state index in [1.54, 1.807) is 12.4 Å². The van der Waals surface area contributed by atoms with E-state index in [0.717, 1.165) is 62.3 Å². The third-order valence-electron chi connectivity index (χ3n) is 6.34. The maximum atomic E-state index is 12.8. The van der Waals surface area contributed by atoms with Gasteiger partial charge >= 0.3 is 0 Å². The number of likely N-dealkylation sites (tertiary alicyclic amines) is 2. The summed E-state index contributed by atoms with van der Waals surface area (Å²) < 4.78 is 0. The van der Waals surface area contributed by atoms with Crippen molar-refractivity contribution in [2.75, 3.05) is 26.2 Å². The van der Waals surface area contributed by atoms with Crippen molar-refractivity contribution < 1.29 is 9.59 Å². The van der Waals surface area contributed by atoms with Crippen LogP contribution >= 0.6 is 11.3 Å². The number of thiophene rings is 1. The van der Waals surface area contributed by atoms with Gasteiger partial charge in [0.2, 0.25) is 5.91 Å². The highest BCUT2D eigenvalue weighted by atomic mass is 32.1. The molecule has 2 saturated heterocycles. The normalized spacial score (nSPS) is 19.2. The average molecular weight is 398 g/mol. The van der Waals surface area contributed by atoms with Gasteiger partial charge in [0.25, 0.3) is 5.91 Å². The molecule has 4 heterocycles.